The number of imide groups is 2. The molecule has 2 aliphatic heterocycles. The fourth-order valence-corrected chi connectivity index (χ4v) is 4.92. The molecule has 1 unspecified atom stereocenters. The molecule has 1 atom stereocenters. The normalized spacial score (nSPS) is 18.8. The van der Waals surface area contributed by atoms with Gasteiger partial charge in [-0.1, -0.05) is 0 Å². The molecule has 11 nitrogen and oxygen atoms in total. The summed E-state index contributed by atoms with van der Waals surface area (Å²) < 4.78 is 22.7. The molecule has 2 aliphatic rings. The highest BCUT2D eigenvalue weighted by atomic mass is 31.2. The molecule has 2 N–H and O–H groups in total. The third kappa shape index (κ3) is 4.73. The summed E-state index contributed by atoms with van der Waals surface area (Å²) >= 11 is 0. The molecule has 1 aromatic carbocycles. The van der Waals surface area contributed by atoms with Crippen molar-refractivity contribution in [3.05, 3.63) is 29.3 Å². The van der Waals surface area contributed by atoms with Gasteiger partial charge in [0.2, 0.25) is 17.7 Å². The number of carbonyl (C=O) groups excluding carboxylic acids is 5. The predicted molar refractivity (Wildman–Crippen MR) is 107 cm³/mol. The van der Waals surface area contributed by atoms with E-state index in [9.17, 15) is 28.5 Å². The Labute approximate surface area is 178 Å². The lowest BCUT2D eigenvalue weighted by Gasteiger charge is -2.27. The van der Waals surface area contributed by atoms with Crippen molar-refractivity contribution < 1.29 is 37.6 Å². The van der Waals surface area contributed by atoms with E-state index in [1.54, 1.807) is 13.8 Å². The van der Waals surface area contributed by atoms with E-state index in [4.69, 9.17) is 9.05 Å². The topological polar surface area (TPSA) is 148 Å². The molecule has 3 rings (SSSR count). The molecule has 1 aromatic rings. The molecule has 1 saturated heterocycles. The summed E-state index contributed by atoms with van der Waals surface area (Å²) in [5.41, 5.74) is 0.307. The van der Waals surface area contributed by atoms with Gasteiger partial charge in [-0.3, -0.25) is 38.8 Å². The van der Waals surface area contributed by atoms with E-state index >= 15 is 0 Å². The number of hydrogen-bond acceptors (Lipinski definition) is 8. The van der Waals surface area contributed by atoms with Crippen LogP contribution in [0.5, 0.6) is 0 Å². The first-order valence-electron chi connectivity index (χ1n) is 9.72. The molecule has 166 valence electrons. The Hall–Kier alpha value is -2.88. The van der Waals surface area contributed by atoms with Crippen LogP contribution in [-0.4, -0.2) is 59.9 Å². The number of rotatable bonds is 8. The summed E-state index contributed by atoms with van der Waals surface area (Å²) in [5.74, 6) is -3.16. The van der Waals surface area contributed by atoms with Gasteiger partial charge in [-0.2, -0.15) is 0 Å². The predicted octanol–water partition coefficient (Wildman–Crippen LogP) is 1.29. The standard InChI is InChI=1S/C19H22N3O8P/c1-3-29-31(28,30-4-2)10-16(24)20-11-5-6-12-13(9-11)19(27)22(18(12)26)14-7-8-15(23)21-17(14)25/h5-6,9,14H,3-4,7-8,10H2,1-2H3,(H,20,24)(H,21,23,25). The number of carbonyl (C=O) groups is 5. The summed E-state index contributed by atoms with van der Waals surface area (Å²) in [4.78, 5) is 62.1. The Morgan fingerprint density at radius 2 is 1.77 bits per heavy atom. The zero-order valence-electron chi connectivity index (χ0n) is 17.0. The van der Waals surface area contributed by atoms with Gasteiger partial charge in [0.1, 0.15) is 12.2 Å². The smallest absolute Gasteiger partial charge is 0.326 e. The zero-order valence-corrected chi connectivity index (χ0v) is 17.9. The van der Waals surface area contributed by atoms with Gasteiger partial charge in [0.05, 0.1) is 24.3 Å². The first-order chi connectivity index (χ1) is 14.7. The molecule has 0 aromatic heterocycles. The van der Waals surface area contributed by atoms with E-state index < -0.39 is 49.3 Å². The highest BCUT2D eigenvalue weighted by Crippen LogP contribution is 2.47. The van der Waals surface area contributed by atoms with Crippen molar-refractivity contribution in [3.8, 4) is 0 Å². The summed E-state index contributed by atoms with van der Waals surface area (Å²) in [6.07, 6.45) is -0.449. The minimum Gasteiger partial charge on any atom is -0.326 e. The lowest BCUT2D eigenvalue weighted by Crippen LogP contribution is -2.54. The molecule has 0 aliphatic carbocycles. The largest absolute Gasteiger partial charge is 0.340 e. The van der Waals surface area contributed by atoms with Crippen molar-refractivity contribution in [2.75, 3.05) is 24.7 Å². The van der Waals surface area contributed by atoms with Gasteiger partial charge in [-0.25, -0.2) is 0 Å². The van der Waals surface area contributed by atoms with Crippen molar-refractivity contribution in [1.82, 2.24) is 10.2 Å². The second-order valence-corrected chi connectivity index (χ2v) is 8.91. The maximum absolute atomic E-state index is 12.8. The van der Waals surface area contributed by atoms with Crippen LogP contribution >= 0.6 is 7.60 Å². The van der Waals surface area contributed by atoms with Crippen molar-refractivity contribution in [2.24, 2.45) is 0 Å². The number of amides is 5. The van der Waals surface area contributed by atoms with Gasteiger partial charge in [0, 0.05) is 12.1 Å². The number of nitrogens with one attached hydrogen (secondary N) is 2. The molecule has 0 saturated carbocycles. The maximum Gasteiger partial charge on any atom is 0.340 e. The van der Waals surface area contributed by atoms with Crippen LogP contribution in [0.4, 0.5) is 5.69 Å². The van der Waals surface area contributed by atoms with E-state index in [1.807, 2.05) is 0 Å². The first-order valence-corrected chi connectivity index (χ1v) is 11.5. The second-order valence-electron chi connectivity index (χ2n) is 6.86. The molecule has 0 bridgehead atoms. The molecule has 0 radical (unpaired) electrons. The van der Waals surface area contributed by atoms with Gasteiger partial charge in [0.25, 0.3) is 11.8 Å². The first kappa shape index (κ1) is 22.8. The summed E-state index contributed by atoms with van der Waals surface area (Å²) in [6, 6.07) is 3.02. The van der Waals surface area contributed by atoms with Crippen LogP contribution in [0, 0.1) is 0 Å². The number of nitrogens with zero attached hydrogens (tertiary/aromatic N) is 1. The monoisotopic (exact) mass is 451 g/mol. The van der Waals surface area contributed by atoms with Crippen LogP contribution < -0.4 is 10.6 Å². The van der Waals surface area contributed by atoms with Gasteiger partial charge in [-0.15, -0.1) is 0 Å². The number of hydrogen-bond donors (Lipinski definition) is 2. The van der Waals surface area contributed by atoms with Crippen molar-refractivity contribution >= 4 is 42.8 Å². The Morgan fingerprint density at radius 1 is 1.13 bits per heavy atom. The summed E-state index contributed by atoms with van der Waals surface area (Å²) in [5, 5.41) is 4.63. The molecule has 12 heteroatoms. The molecule has 0 spiro atoms. The minimum absolute atomic E-state index is 0.0187. The van der Waals surface area contributed by atoms with Crippen molar-refractivity contribution in [3.63, 3.8) is 0 Å². The van der Waals surface area contributed by atoms with E-state index in [-0.39, 0.29) is 42.9 Å². The van der Waals surface area contributed by atoms with Crippen molar-refractivity contribution in [2.45, 2.75) is 32.7 Å². The lowest BCUT2D eigenvalue weighted by molar-refractivity contribution is -0.136. The van der Waals surface area contributed by atoms with E-state index in [1.165, 1.54) is 18.2 Å². The van der Waals surface area contributed by atoms with Gasteiger partial charge < -0.3 is 14.4 Å². The summed E-state index contributed by atoms with van der Waals surface area (Å²) in [6.45, 7) is 3.47. The number of fused-ring (bicyclic) bond motifs is 1. The molecule has 1 fully saturated rings. The van der Waals surface area contributed by atoms with Crippen LogP contribution in [0.25, 0.3) is 0 Å². The van der Waals surface area contributed by atoms with Crippen LogP contribution in [-0.2, 0) is 28.0 Å². The third-order valence-electron chi connectivity index (χ3n) is 4.71. The lowest BCUT2D eigenvalue weighted by atomic mass is 10.0. The van der Waals surface area contributed by atoms with Gasteiger partial charge >= 0.3 is 7.60 Å². The van der Waals surface area contributed by atoms with Crippen LogP contribution in [0.2, 0.25) is 0 Å². The number of anilines is 1. The molecule has 5 amide bonds. The van der Waals surface area contributed by atoms with E-state index in [0.29, 0.717) is 0 Å². The van der Waals surface area contributed by atoms with Crippen LogP contribution in [0.1, 0.15) is 47.4 Å². The fraction of sp³-hybridized carbons (Fsp3) is 0.421. The summed E-state index contributed by atoms with van der Waals surface area (Å²) in [7, 11) is -3.60. The average Bonchev–Trinajstić information content (AvgIpc) is 2.92. The Balaban J connectivity index is 1.76. The Morgan fingerprint density at radius 3 is 2.39 bits per heavy atom. The number of benzene rings is 1. The Kier molecular flexibility index (Phi) is 6.68. The highest BCUT2D eigenvalue weighted by molar-refractivity contribution is 7.54. The molecule has 31 heavy (non-hydrogen) atoms. The van der Waals surface area contributed by atoms with Crippen LogP contribution in [0.15, 0.2) is 18.2 Å². The molecular formula is C19H22N3O8P. The SMILES string of the molecule is CCOP(=O)(CC(=O)Nc1ccc2c(c1)C(=O)N(C1CCC(=O)NC1=O)C2=O)OCC. The minimum atomic E-state index is -3.60. The maximum atomic E-state index is 12.8. The zero-order chi connectivity index (χ0) is 22.8. The highest BCUT2D eigenvalue weighted by Gasteiger charge is 2.44. The van der Waals surface area contributed by atoms with Crippen LogP contribution in [0.3, 0.4) is 0 Å². The van der Waals surface area contributed by atoms with E-state index in [0.717, 1.165) is 4.90 Å². The van der Waals surface area contributed by atoms with Gasteiger partial charge in [0.15, 0.2) is 0 Å². The van der Waals surface area contributed by atoms with Crippen molar-refractivity contribution in [1.29, 1.82) is 0 Å². The van der Waals surface area contributed by atoms with Gasteiger partial charge in [-0.05, 0) is 38.5 Å². The molecular weight excluding hydrogens is 429 g/mol. The number of piperidine rings is 1. The van der Waals surface area contributed by atoms with E-state index in [2.05, 4.69) is 10.6 Å². The Bertz CT molecular complexity index is 998. The molecule has 2 heterocycles. The quantitative estimate of drug-likeness (QED) is 0.444. The second kappa shape index (κ2) is 9.09. The third-order valence-corrected chi connectivity index (χ3v) is 6.69. The average molecular weight is 451 g/mol. The fourth-order valence-electron chi connectivity index (χ4n) is 3.45.